The van der Waals surface area contributed by atoms with Gasteiger partial charge in [-0.05, 0) is 37.9 Å². The van der Waals surface area contributed by atoms with Crippen LogP contribution < -0.4 is 4.74 Å². The zero-order valence-electron chi connectivity index (χ0n) is 12.8. The summed E-state index contributed by atoms with van der Waals surface area (Å²) in [5, 5.41) is 9.03. The van der Waals surface area contributed by atoms with Crippen LogP contribution in [0.1, 0.15) is 31.7 Å². The largest absolute Gasteiger partial charge is 0.491 e. The van der Waals surface area contributed by atoms with Gasteiger partial charge in [0.05, 0.1) is 11.7 Å². The zero-order valence-corrected chi connectivity index (χ0v) is 12.8. The fraction of sp³-hybridized carbons (Fsp3) is 0.588. The van der Waals surface area contributed by atoms with E-state index in [1.165, 1.54) is 6.42 Å². The highest BCUT2D eigenvalue weighted by Crippen LogP contribution is 2.17. The Labute approximate surface area is 127 Å². The highest BCUT2D eigenvalue weighted by atomic mass is 16.5. The molecule has 1 fully saturated rings. The molecular weight excluding hydrogens is 264 g/mol. The summed E-state index contributed by atoms with van der Waals surface area (Å²) in [6, 6.07) is 9.53. The van der Waals surface area contributed by atoms with Crippen molar-refractivity contribution >= 4 is 0 Å². The maximum absolute atomic E-state index is 9.03. The number of nitriles is 1. The van der Waals surface area contributed by atoms with Gasteiger partial charge in [-0.3, -0.25) is 4.90 Å². The monoisotopic (exact) mass is 288 g/mol. The summed E-state index contributed by atoms with van der Waals surface area (Å²) in [6.07, 6.45) is 3.78. The van der Waals surface area contributed by atoms with Gasteiger partial charge in [-0.15, -0.1) is 0 Å². The molecule has 1 aromatic rings. The van der Waals surface area contributed by atoms with Crippen LogP contribution in [0, 0.1) is 11.3 Å². The van der Waals surface area contributed by atoms with E-state index >= 15 is 0 Å². The maximum Gasteiger partial charge on any atom is 0.137 e. The summed E-state index contributed by atoms with van der Waals surface area (Å²) in [5.74, 6) is 0.677. The smallest absolute Gasteiger partial charge is 0.137 e. The molecule has 0 bridgehead atoms. The Kier molecular flexibility index (Phi) is 6.52. The third-order valence-corrected chi connectivity index (χ3v) is 3.69. The molecule has 0 amide bonds. The van der Waals surface area contributed by atoms with Crippen LogP contribution in [0.5, 0.6) is 5.75 Å². The zero-order chi connectivity index (χ0) is 14.9. The summed E-state index contributed by atoms with van der Waals surface area (Å²) in [5.41, 5.74) is 0.597. The van der Waals surface area contributed by atoms with Crippen molar-refractivity contribution in [3.8, 4) is 11.8 Å². The average Bonchev–Trinajstić information content (AvgIpc) is 2.54. The van der Waals surface area contributed by atoms with Gasteiger partial charge in [0.2, 0.25) is 0 Å². The van der Waals surface area contributed by atoms with E-state index in [-0.39, 0.29) is 0 Å². The first-order valence-electron chi connectivity index (χ1n) is 7.79. The maximum atomic E-state index is 9.03. The summed E-state index contributed by atoms with van der Waals surface area (Å²) in [6.45, 7) is 6.58. The minimum atomic E-state index is 0.366. The Morgan fingerprint density at radius 3 is 3.00 bits per heavy atom. The second kappa shape index (κ2) is 8.66. The van der Waals surface area contributed by atoms with Gasteiger partial charge in [-0.2, -0.15) is 5.26 Å². The molecule has 1 saturated heterocycles. The predicted octanol–water partition coefficient (Wildman–Crippen LogP) is 2.83. The molecule has 0 spiro atoms. The molecule has 2 rings (SSSR count). The minimum absolute atomic E-state index is 0.366. The van der Waals surface area contributed by atoms with Gasteiger partial charge in [0.25, 0.3) is 0 Å². The fourth-order valence-corrected chi connectivity index (χ4v) is 2.61. The summed E-state index contributed by atoms with van der Waals surface area (Å²) in [4.78, 5) is 2.39. The molecule has 1 aliphatic heterocycles. The Bertz CT molecular complexity index is 470. The van der Waals surface area contributed by atoms with Crippen LogP contribution in [0.4, 0.5) is 0 Å². The van der Waals surface area contributed by atoms with Gasteiger partial charge in [0.1, 0.15) is 18.4 Å². The number of nitrogens with zero attached hydrogens (tertiary/aromatic N) is 2. The fourth-order valence-electron chi connectivity index (χ4n) is 2.61. The van der Waals surface area contributed by atoms with Gasteiger partial charge >= 0.3 is 0 Å². The molecule has 114 valence electrons. The third-order valence-electron chi connectivity index (χ3n) is 3.69. The lowest BCUT2D eigenvalue weighted by Gasteiger charge is -2.32. The molecule has 0 N–H and O–H groups in total. The number of piperidine rings is 1. The number of rotatable bonds is 7. The minimum Gasteiger partial charge on any atom is -0.491 e. The lowest BCUT2D eigenvalue weighted by atomic mass is 10.1. The molecular formula is C17H24N2O2. The first-order chi connectivity index (χ1) is 10.3. The van der Waals surface area contributed by atoms with Crippen molar-refractivity contribution in [1.29, 1.82) is 5.26 Å². The molecule has 1 aliphatic rings. The first kappa shape index (κ1) is 15.8. The van der Waals surface area contributed by atoms with E-state index in [4.69, 9.17) is 14.7 Å². The van der Waals surface area contributed by atoms with Gasteiger partial charge in [0.15, 0.2) is 0 Å². The van der Waals surface area contributed by atoms with E-state index < -0.39 is 0 Å². The van der Waals surface area contributed by atoms with Gasteiger partial charge < -0.3 is 9.47 Å². The number of hydrogen-bond donors (Lipinski definition) is 0. The van der Waals surface area contributed by atoms with Crippen molar-refractivity contribution in [2.75, 3.05) is 32.8 Å². The Hall–Kier alpha value is -1.57. The molecule has 1 atom stereocenters. The van der Waals surface area contributed by atoms with Crippen molar-refractivity contribution in [1.82, 2.24) is 4.90 Å². The Morgan fingerprint density at radius 2 is 2.19 bits per heavy atom. The summed E-state index contributed by atoms with van der Waals surface area (Å²) >= 11 is 0. The highest BCUT2D eigenvalue weighted by molar-refractivity contribution is 5.42. The standard InChI is InChI=1S/C17H24N2O2/c1-2-11-20-16-7-5-9-19(14-16)10-12-21-17-8-4-3-6-15(17)13-18/h3-4,6,8,16H,2,5,7,9-12,14H2,1H3. The number of hydrogen-bond acceptors (Lipinski definition) is 4. The van der Waals surface area contributed by atoms with Crippen LogP contribution in [0.3, 0.4) is 0 Å². The lowest BCUT2D eigenvalue weighted by molar-refractivity contribution is -0.00269. The second-order valence-corrected chi connectivity index (χ2v) is 5.39. The molecule has 0 radical (unpaired) electrons. The quantitative estimate of drug-likeness (QED) is 0.774. The van der Waals surface area contributed by atoms with Crippen molar-refractivity contribution in [3.63, 3.8) is 0 Å². The van der Waals surface area contributed by atoms with E-state index in [1.54, 1.807) is 6.07 Å². The van der Waals surface area contributed by atoms with E-state index in [1.807, 2.05) is 18.2 Å². The van der Waals surface area contributed by atoms with Crippen LogP contribution in [0.2, 0.25) is 0 Å². The molecule has 1 unspecified atom stereocenters. The van der Waals surface area contributed by atoms with E-state index in [9.17, 15) is 0 Å². The van der Waals surface area contributed by atoms with E-state index in [0.29, 0.717) is 24.0 Å². The van der Waals surface area contributed by atoms with Crippen LogP contribution in [0.25, 0.3) is 0 Å². The molecule has 1 aromatic carbocycles. The number of ether oxygens (including phenoxy) is 2. The number of likely N-dealkylation sites (tertiary alicyclic amines) is 1. The molecule has 1 heterocycles. The predicted molar refractivity (Wildman–Crippen MR) is 82.4 cm³/mol. The second-order valence-electron chi connectivity index (χ2n) is 5.39. The van der Waals surface area contributed by atoms with Crippen molar-refractivity contribution in [2.24, 2.45) is 0 Å². The SMILES string of the molecule is CCCOC1CCCN(CCOc2ccccc2C#N)C1. The van der Waals surface area contributed by atoms with Crippen LogP contribution >= 0.6 is 0 Å². The normalized spacial score (nSPS) is 19.1. The molecule has 4 nitrogen and oxygen atoms in total. The van der Waals surface area contributed by atoms with Crippen LogP contribution in [-0.4, -0.2) is 43.9 Å². The third kappa shape index (κ3) is 5.04. The molecule has 0 saturated carbocycles. The van der Waals surface area contributed by atoms with Gasteiger partial charge in [0, 0.05) is 19.7 Å². The Balaban J connectivity index is 1.74. The topological polar surface area (TPSA) is 45.5 Å². The average molecular weight is 288 g/mol. The molecule has 21 heavy (non-hydrogen) atoms. The van der Waals surface area contributed by atoms with Crippen LogP contribution in [-0.2, 0) is 4.74 Å². The van der Waals surface area contributed by atoms with Gasteiger partial charge in [-0.25, -0.2) is 0 Å². The van der Waals surface area contributed by atoms with E-state index in [0.717, 1.165) is 39.1 Å². The summed E-state index contributed by atoms with van der Waals surface area (Å²) in [7, 11) is 0. The molecule has 4 heteroatoms. The number of para-hydroxylation sites is 1. The summed E-state index contributed by atoms with van der Waals surface area (Å²) < 4.78 is 11.6. The van der Waals surface area contributed by atoms with Gasteiger partial charge in [-0.1, -0.05) is 19.1 Å². The number of benzene rings is 1. The highest BCUT2D eigenvalue weighted by Gasteiger charge is 2.19. The molecule has 0 aromatic heterocycles. The Morgan fingerprint density at radius 1 is 1.33 bits per heavy atom. The van der Waals surface area contributed by atoms with Crippen molar-refractivity contribution in [2.45, 2.75) is 32.3 Å². The van der Waals surface area contributed by atoms with E-state index in [2.05, 4.69) is 17.9 Å². The van der Waals surface area contributed by atoms with Crippen LogP contribution in [0.15, 0.2) is 24.3 Å². The van der Waals surface area contributed by atoms with Crippen molar-refractivity contribution in [3.05, 3.63) is 29.8 Å². The molecule has 0 aliphatic carbocycles. The first-order valence-corrected chi connectivity index (χ1v) is 7.79. The lowest BCUT2D eigenvalue weighted by Crippen LogP contribution is -2.41. The van der Waals surface area contributed by atoms with Crippen molar-refractivity contribution < 1.29 is 9.47 Å².